The van der Waals surface area contributed by atoms with E-state index in [0.717, 1.165) is 34.5 Å². The first-order valence-corrected chi connectivity index (χ1v) is 13.8. The highest BCUT2D eigenvalue weighted by Gasteiger charge is 2.25. The van der Waals surface area contributed by atoms with Gasteiger partial charge in [-0.3, -0.25) is 9.97 Å². The summed E-state index contributed by atoms with van der Waals surface area (Å²) in [5, 5.41) is 4.53. The van der Waals surface area contributed by atoms with Gasteiger partial charge in [0.05, 0.1) is 16.6 Å². The van der Waals surface area contributed by atoms with Gasteiger partial charge in [-0.15, -0.1) is 0 Å². The van der Waals surface area contributed by atoms with E-state index in [-0.39, 0.29) is 16.9 Å². The number of halogens is 2. The number of amides is 2. The number of pyridine rings is 2. The first kappa shape index (κ1) is 26.9. The van der Waals surface area contributed by atoms with Gasteiger partial charge in [0.15, 0.2) is 0 Å². The summed E-state index contributed by atoms with van der Waals surface area (Å²) >= 11 is 0. The van der Waals surface area contributed by atoms with E-state index >= 15 is 0 Å². The van der Waals surface area contributed by atoms with Crippen molar-refractivity contribution in [3.8, 4) is 11.1 Å². The van der Waals surface area contributed by atoms with Crippen molar-refractivity contribution < 1.29 is 22.0 Å². The molecule has 0 aliphatic rings. The average molecular weight is 559 g/mol. The molecule has 0 spiro atoms. The van der Waals surface area contributed by atoms with E-state index < -0.39 is 33.7 Å². The lowest BCUT2D eigenvalue weighted by atomic mass is 9.94. The highest BCUT2D eigenvalue weighted by Crippen LogP contribution is 2.31. The van der Waals surface area contributed by atoms with Crippen molar-refractivity contribution in [3.05, 3.63) is 126 Å². The number of fused-ring (bicyclic) bond motifs is 1. The van der Waals surface area contributed by atoms with Crippen molar-refractivity contribution in [2.75, 3.05) is 0 Å². The molecule has 2 N–H and O–H groups in total. The molecule has 0 fully saturated rings. The molecule has 0 aliphatic heterocycles. The van der Waals surface area contributed by atoms with Crippen LogP contribution >= 0.6 is 0 Å². The molecule has 5 aromatic rings. The molecule has 2 heterocycles. The summed E-state index contributed by atoms with van der Waals surface area (Å²) in [7, 11) is -4.20. The molecule has 2 aromatic heterocycles. The lowest BCUT2D eigenvalue weighted by Crippen LogP contribution is -2.42. The van der Waals surface area contributed by atoms with Gasteiger partial charge in [-0.2, -0.15) is 0 Å². The predicted molar refractivity (Wildman–Crippen MR) is 148 cm³/mol. The number of hydrogen-bond acceptors (Lipinski definition) is 5. The van der Waals surface area contributed by atoms with Crippen LogP contribution in [0.25, 0.3) is 21.9 Å². The monoisotopic (exact) mass is 558 g/mol. The van der Waals surface area contributed by atoms with E-state index in [4.69, 9.17) is 0 Å². The van der Waals surface area contributed by atoms with Gasteiger partial charge in [0.2, 0.25) is 0 Å². The Balaban J connectivity index is 1.53. The molecule has 5 rings (SSSR count). The van der Waals surface area contributed by atoms with Crippen LogP contribution in [0, 0.1) is 18.6 Å². The lowest BCUT2D eigenvalue weighted by Gasteiger charge is -2.22. The Morgan fingerprint density at radius 3 is 2.45 bits per heavy atom. The van der Waals surface area contributed by atoms with Crippen molar-refractivity contribution in [3.63, 3.8) is 0 Å². The number of nitrogens with one attached hydrogen (secondary N) is 2. The zero-order valence-electron chi connectivity index (χ0n) is 21.3. The predicted octanol–water partition coefficient (Wildman–Crippen LogP) is 5.86. The molecule has 40 heavy (non-hydrogen) atoms. The molecule has 0 aliphatic carbocycles. The molecule has 0 saturated carbocycles. The smallest absolute Gasteiger partial charge is 0.329 e. The molecular formula is C30H24F2N4O3S. The van der Waals surface area contributed by atoms with Gasteiger partial charge in [0, 0.05) is 35.6 Å². The first-order chi connectivity index (χ1) is 19.2. The van der Waals surface area contributed by atoms with Crippen molar-refractivity contribution in [1.82, 2.24) is 20.0 Å². The third-order valence-corrected chi connectivity index (χ3v) is 7.89. The SMILES string of the molecule is Cc1ccccc1S(=O)(=O)NC(=O)NC(Cc1cc(F)cc(F)c1)c1ncccc1-c1ccc2ccncc2c1. The third kappa shape index (κ3) is 5.97. The summed E-state index contributed by atoms with van der Waals surface area (Å²) in [6.45, 7) is 1.62. The van der Waals surface area contributed by atoms with E-state index in [0.29, 0.717) is 16.8 Å². The van der Waals surface area contributed by atoms with Crippen LogP contribution in [-0.4, -0.2) is 24.4 Å². The van der Waals surface area contributed by atoms with E-state index in [1.165, 1.54) is 12.3 Å². The van der Waals surface area contributed by atoms with Gasteiger partial charge in [-0.1, -0.05) is 36.4 Å². The largest absolute Gasteiger partial charge is 0.329 e. The minimum absolute atomic E-state index is 0.0443. The highest BCUT2D eigenvalue weighted by molar-refractivity contribution is 7.90. The van der Waals surface area contributed by atoms with Crippen LogP contribution in [0.15, 0.2) is 102 Å². The highest BCUT2D eigenvalue weighted by atomic mass is 32.2. The maximum Gasteiger partial charge on any atom is 0.329 e. The molecule has 2 amide bonds. The van der Waals surface area contributed by atoms with Gasteiger partial charge in [0.25, 0.3) is 10.0 Å². The van der Waals surface area contributed by atoms with Crippen molar-refractivity contribution >= 4 is 26.8 Å². The minimum Gasteiger partial charge on any atom is -0.329 e. The van der Waals surface area contributed by atoms with Crippen LogP contribution in [0.3, 0.4) is 0 Å². The number of urea groups is 1. The van der Waals surface area contributed by atoms with E-state index in [2.05, 4.69) is 15.3 Å². The second-order valence-corrected chi connectivity index (χ2v) is 10.9. The number of sulfonamides is 1. The number of aromatic nitrogens is 2. The summed E-state index contributed by atoms with van der Waals surface area (Å²) < 4.78 is 56.0. The Morgan fingerprint density at radius 1 is 0.900 bits per heavy atom. The molecule has 10 heteroatoms. The van der Waals surface area contributed by atoms with Gasteiger partial charge >= 0.3 is 6.03 Å². The normalized spacial score (nSPS) is 12.2. The van der Waals surface area contributed by atoms with Crippen LogP contribution in [0.2, 0.25) is 0 Å². The van der Waals surface area contributed by atoms with Crippen molar-refractivity contribution in [2.24, 2.45) is 0 Å². The second kappa shape index (κ2) is 11.2. The number of carbonyl (C=O) groups excluding carboxylic acids is 1. The Kier molecular flexibility index (Phi) is 7.52. The van der Waals surface area contributed by atoms with Crippen LogP contribution in [-0.2, 0) is 16.4 Å². The number of carbonyl (C=O) groups is 1. The fourth-order valence-electron chi connectivity index (χ4n) is 4.60. The topological polar surface area (TPSA) is 101 Å². The Labute approximate surface area is 230 Å². The van der Waals surface area contributed by atoms with Crippen molar-refractivity contribution in [2.45, 2.75) is 24.3 Å². The Hall–Kier alpha value is -4.70. The van der Waals surface area contributed by atoms with Gasteiger partial charge in [-0.05, 0) is 71.8 Å². The summed E-state index contributed by atoms with van der Waals surface area (Å²) in [6.07, 6.45) is 4.89. The standard InChI is InChI=1S/C30H24F2N4O3S/c1-19-5-2-3-7-28(19)40(38,39)36-30(37)35-27(15-20-13-24(31)17-25(32)14-20)29-26(6-4-11-34-29)22-9-8-21-10-12-33-18-23(21)16-22/h2-14,16-18,27H,15H2,1H3,(H2,35,36,37). The van der Waals surface area contributed by atoms with Crippen LogP contribution < -0.4 is 10.0 Å². The minimum atomic E-state index is -4.20. The van der Waals surface area contributed by atoms with Gasteiger partial charge < -0.3 is 5.32 Å². The van der Waals surface area contributed by atoms with Gasteiger partial charge in [0.1, 0.15) is 11.6 Å². The Morgan fingerprint density at radius 2 is 1.68 bits per heavy atom. The van der Waals surface area contributed by atoms with E-state index in [9.17, 15) is 22.0 Å². The number of nitrogens with zero attached hydrogens (tertiary/aromatic N) is 2. The van der Waals surface area contributed by atoms with Crippen LogP contribution in [0.5, 0.6) is 0 Å². The molecule has 0 bridgehead atoms. The van der Waals surface area contributed by atoms with Crippen LogP contribution in [0.1, 0.15) is 22.9 Å². The maximum atomic E-state index is 14.0. The first-order valence-electron chi connectivity index (χ1n) is 12.3. The molecule has 0 saturated heterocycles. The third-order valence-electron chi connectivity index (χ3n) is 6.40. The second-order valence-electron chi connectivity index (χ2n) is 9.25. The summed E-state index contributed by atoms with van der Waals surface area (Å²) in [4.78, 5) is 21.7. The molecule has 1 atom stereocenters. The summed E-state index contributed by atoms with van der Waals surface area (Å²) in [6, 6.07) is 18.5. The molecule has 202 valence electrons. The zero-order valence-corrected chi connectivity index (χ0v) is 22.1. The maximum absolute atomic E-state index is 14.0. The average Bonchev–Trinajstić information content (AvgIpc) is 2.92. The quantitative estimate of drug-likeness (QED) is 0.261. The number of rotatable bonds is 7. The number of benzene rings is 3. The van der Waals surface area contributed by atoms with E-state index in [1.807, 2.05) is 35.1 Å². The fourth-order valence-corrected chi connectivity index (χ4v) is 5.76. The van der Waals surface area contributed by atoms with E-state index in [1.54, 1.807) is 43.6 Å². The lowest BCUT2D eigenvalue weighted by molar-refractivity contribution is 0.242. The molecule has 3 aromatic carbocycles. The van der Waals surface area contributed by atoms with Gasteiger partial charge in [-0.25, -0.2) is 26.7 Å². The zero-order chi connectivity index (χ0) is 28.3. The molecular weight excluding hydrogens is 534 g/mol. The molecule has 0 radical (unpaired) electrons. The summed E-state index contributed by atoms with van der Waals surface area (Å²) in [5.74, 6) is -1.55. The molecule has 1 unspecified atom stereocenters. The summed E-state index contributed by atoms with van der Waals surface area (Å²) in [5.41, 5.74) is 2.53. The Bertz CT molecular complexity index is 1810. The van der Waals surface area contributed by atoms with Crippen molar-refractivity contribution in [1.29, 1.82) is 0 Å². The fraction of sp³-hybridized carbons (Fsp3) is 0.100. The number of aryl methyl sites for hydroxylation is 1. The molecule has 7 nitrogen and oxygen atoms in total. The van der Waals surface area contributed by atoms with Crippen LogP contribution in [0.4, 0.5) is 13.6 Å². The number of hydrogen-bond donors (Lipinski definition) is 2.